The average molecular weight is 211 g/mol. The summed E-state index contributed by atoms with van der Waals surface area (Å²) in [4.78, 5) is 22.8. The smallest absolute Gasteiger partial charge is 0.223 e. The molecule has 0 aromatic heterocycles. The normalized spacial score (nSPS) is 20.4. The molecule has 0 bridgehead atoms. The van der Waals surface area contributed by atoms with Gasteiger partial charge in [0.1, 0.15) is 0 Å². The van der Waals surface area contributed by atoms with E-state index in [1.165, 1.54) is 19.8 Å². The quantitative estimate of drug-likeness (QED) is 0.726. The summed E-state index contributed by atoms with van der Waals surface area (Å²) in [6.07, 6.45) is 6.74. The van der Waals surface area contributed by atoms with Crippen molar-refractivity contribution in [1.82, 2.24) is 5.32 Å². The molecule has 3 nitrogen and oxygen atoms in total. The molecule has 1 saturated carbocycles. The van der Waals surface area contributed by atoms with Crippen LogP contribution >= 0.6 is 0 Å². The van der Waals surface area contributed by atoms with Crippen molar-refractivity contribution in [3.63, 3.8) is 0 Å². The van der Waals surface area contributed by atoms with Gasteiger partial charge in [-0.05, 0) is 26.7 Å². The van der Waals surface area contributed by atoms with E-state index in [1.807, 2.05) is 0 Å². The van der Waals surface area contributed by atoms with Crippen LogP contribution in [-0.2, 0) is 9.59 Å². The lowest BCUT2D eigenvalue weighted by molar-refractivity contribution is -0.129. The van der Waals surface area contributed by atoms with Crippen LogP contribution < -0.4 is 5.32 Å². The maximum absolute atomic E-state index is 11.8. The maximum Gasteiger partial charge on any atom is 0.223 e. The van der Waals surface area contributed by atoms with Gasteiger partial charge in [-0.1, -0.05) is 25.7 Å². The highest BCUT2D eigenvalue weighted by molar-refractivity contribution is 5.87. The van der Waals surface area contributed by atoms with Crippen molar-refractivity contribution in [1.29, 1.82) is 0 Å². The molecular weight excluding hydrogens is 190 g/mol. The first-order valence-electron chi connectivity index (χ1n) is 5.92. The lowest BCUT2D eigenvalue weighted by Gasteiger charge is -2.17. The van der Waals surface area contributed by atoms with Crippen molar-refractivity contribution in [3.8, 4) is 0 Å². The SMILES string of the molecule is CC(=O)C(C)NC(=O)C1CCCCCC1. The fourth-order valence-electron chi connectivity index (χ4n) is 1.97. The highest BCUT2D eigenvalue weighted by Crippen LogP contribution is 2.22. The summed E-state index contributed by atoms with van der Waals surface area (Å²) >= 11 is 0. The van der Waals surface area contributed by atoms with Gasteiger partial charge in [0.2, 0.25) is 5.91 Å². The Bertz CT molecular complexity index is 230. The topological polar surface area (TPSA) is 46.2 Å². The van der Waals surface area contributed by atoms with E-state index >= 15 is 0 Å². The summed E-state index contributed by atoms with van der Waals surface area (Å²) in [7, 11) is 0. The molecule has 1 N–H and O–H groups in total. The number of carbonyl (C=O) groups excluding carboxylic acids is 2. The Labute approximate surface area is 91.6 Å². The van der Waals surface area contributed by atoms with Gasteiger partial charge in [0.25, 0.3) is 0 Å². The highest BCUT2D eigenvalue weighted by Gasteiger charge is 2.22. The van der Waals surface area contributed by atoms with Crippen molar-refractivity contribution < 1.29 is 9.59 Å². The fourth-order valence-corrected chi connectivity index (χ4v) is 1.97. The maximum atomic E-state index is 11.8. The van der Waals surface area contributed by atoms with Crippen LogP contribution in [0.5, 0.6) is 0 Å². The Morgan fingerprint density at radius 1 is 1.13 bits per heavy atom. The van der Waals surface area contributed by atoms with Crippen LogP contribution in [0.15, 0.2) is 0 Å². The number of Topliss-reactive ketones (excluding diaryl/α,β-unsaturated/α-hetero) is 1. The first kappa shape index (κ1) is 12.2. The molecule has 1 aliphatic rings. The van der Waals surface area contributed by atoms with Gasteiger partial charge in [0.05, 0.1) is 6.04 Å². The minimum Gasteiger partial charge on any atom is -0.346 e. The third-order valence-corrected chi connectivity index (χ3v) is 3.19. The summed E-state index contributed by atoms with van der Waals surface area (Å²) < 4.78 is 0. The first-order chi connectivity index (χ1) is 7.11. The van der Waals surface area contributed by atoms with Gasteiger partial charge >= 0.3 is 0 Å². The van der Waals surface area contributed by atoms with Crippen LogP contribution in [0.2, 0.25) is 0 Å². The Hall–Kier alpha value is -0.860. The summed E-state index contributed by atoms with van der Waals surface area (Å²) in [5.41, 5.74) is 0. The zero-order valence-corrected chi connectivity index (χ0v) is 9.71. The number of rotatable bonds is 3. The fraction of sp³-hybridized carbons (Fsp3) is 0.833. The van der Waals surface area contributed by atoms with Crippen molar-refractivity contribution in [2.24, 2.45) is 5.92 Å². The number of ketones is 1. The number of hydrogen-bond acceptors (Lipinski definition) is 2. The Morgan fingerprint density at radius 3 is 2.13 bits per heavy atom. The van der Waals surface area contributed by atoms with Crippen LogP contribution in [0.1, 0.15) is 52.4 Å². The van der Waals surface area contributed by atoms with Crippen LogP contribution in [0.3, 0.4) is 0 Å². The predicted molar refractivity (Wildman–Crippen MR) is 59.5 cm³/mol. The van der Waals surface area contributed by atoms with Gasteiger partial charge in [0.15, 0.2) is 5.78 Å². The van der Waals surface area contributed by atoms with E-state index in [2.05, 4.69) is 5.32 Å². The van der Waals surface area contributed by atoms with Gasteiger partial charge < -0.3 is 5.32 Å². The molecule has 1 fully saturated rings. The molecular formula is C12H21NO2. The number of carbonyl (C=O) groups is 2. The molecule has 1 aliphatic carbocycles. The molecule has 0 spiro atoms. The zero-order chi connectivity index (χ0) is 11.3. The van der Waals surface area contributed by atoms with Crippen LogP contribution in [0.4, 0.5) is 0 Å². The van der Waals surface area contributed by atoms with E-state index in [0.29, 0.717) is 0 Å². The van der Waals surface area contributed by atoms with Crippen LogP contribution in [0, 0.1) is 5.92 Å². The summed E-state index contributed by atoms with van der Waals surface area (Å²) in [5.74, 6) is 0.228. The second-order valence-corrected chi connectivity index (χ2v) is 4.53. The molecule has 1 atom stereocenters. The lowest BCUT2D eigenvalue weighted by atomic mass is 9.99. The monoisotopic (exact) mass is 211 g/mol. The van der Waals surface area contributed by atoms with Crippen molar-refractivity contribution in [3.05, 3.63) is 0 Å². The van der Waals surface area contributed by atoms with E-state index in [9.17, 15) is 9.59 Å². The number of hydrogen-bond donors (Lipinski definition) is 1. The molecule has 1 unspecified atom stereocenters. The van der Waals surface area contributed by atoms with Crippen molar-refractivity contribution >= 4 is 11.7 Å². The molecule has 0 radical (unpaired) electrons. The molecule has 0 saturated heterocycles. The van der Waals surface area contributed by atoms with Gasteiger partial charge in [-0.25, -0.2) is 0 Å². The molecule has 86 valence electrons. The highest BCUT2D eigenvalue weighted by atomic mass is 16.2. The minimum atomic E-state index is -0.333. The van der Waals surface area contributed by atoms with E-state index < -0.39 is 0 Å². The van der Waals surface area contributed by atoms with Gasteiger partial charge in [-0.3, -0.25) is 9.59 Å². The summed E-state index contributed by atoms with van der Waals surface area (Å²) in [6.45, 7) is 3.26. The lowest BCUT2D eigenvalue weighted by Crippen LogP contribution is -2.40. The third kappa shape index (κ3) is 4.02. The molecule has 1 rings (SSSR count). The van der Waals surface area contributed by atoms with Crippen molar-refractivity contribution in [2.45, 2.75) is 58.4 Å². The molecule has 0 aliphatic heterocycles. The van der Waals surface area contributed by atoms with E-state index in [-0.39, 0.29) is 23.7 Å². The zero-order valence-electron chi connectivity index (χ0n) is 9.71. The second-order valence-electron chi connectivity index (χ2n) is 4.53. The average Bonchev–Trinajstić information content (AvgIpc) is 2.45. The largest absolute Gasteiger partial charge is 0.346 e. The predicted octanol–water partition coefficient (Wildman–Crippen LogP) is 2.05. The second kappa shape index (κ2) is 5.89. The Kier molecular flexibility index (Phi) is 4.79. The van der Waals surface area contributed by atoms with Crippen LogP contribution in [-0.4, -0.2) is 17.7 Å². The van der Waals surface area contributed by atoms with E-state index in [1.54, 1.807) is 6.92 Å². The van der Waals surface area contributed by atoms with E-state index in [4.69, 9.17) is 0 Å². The Balaban J connectivity index is 2.41. The minimum absolute atomic E-state index is 0.0250. The van der Waals surface area contributed by atoms with E-state index in [0.717, 1.165) is 25.7 Å². The molecule has 0 aromatic rings. The molecule has 0 aromatic carbocycles. The number of amides is 1. The summed E-state index contributed by atoms with van der Waals surface area (Å²) in [5, 5.41) is 2.79. The molecule has 0 heterocycles. The molecule has 3 heteroatoms. The van der Waals surface area contributed by atoms with Crippen molar-refractivity contribution in [2.75, 3.05) is 0 Å². The van der Waals surface area contributed by atoms with Crippen LogP contribution in [0.25, 0.3) is 0 Å². The van der Waals surface area contributed by atoms with Gasteiger partial charge in [-0.2, -0.15) is 0 Å². The van der Waals surface area contributed by atoms with Gasteiger partial charge in [-0.15, -0.1) is 0 Å². The third-order valence-electron chi connectivity index (χ3n) is 3.19. The number of nitrogens with one attached hydrogen (secondary N) is 1. The molecule has 1 amide bonds. The Morgan fingerprint density at radius 2 is 1.67 bits per heavy atom. The van der Waals surface area contributed by atoms with Gasteiger partial charge in [0, 0.05) is 5.92 Å². The molecule has 15 heavy (non-hydrogen) atoms. The first-order valence-corrected chi connectivity index (χ1v) is 5.92. The summed E-state index contributed by atoms with van der Waals surface area (Å²) in [6, 6.07) is -0.333. The standard InChI is InChI=1S/C12H21NO2/c1-9(10(2)14)13-12(15)11-7-5-3-4-6-8-11/h9,11H,3-8H2,1-2H3,(H,13,15).